The van der Waals surface area contributed by atoms with Crippen LogP contribution in [0.25, 0.3) is 0 Å². The summed E-state index contributed by atoms with van der Waals surface area (Å²) < 4.78 is 4.26. The zero-order valence-corrected chi connectivity index (χ0v) is 12.6. The van der Waals surface area contributed by atoms with Crippen LogP contribution < -0.4 is 10.2 Å². The molecule has 1 aliphatic heterocycles. The molecule has 1 aromatic heterocycles. The van der Waals surface area contributed by atoms with Crippen LogP contribution in [0.5, 0.6) is 0 Å². The number of anilines is 1. The second-order valence-electron chi connectivity index (χ2n) is 5.25. The molecule has 0 saturated carbocycles. The molecule has 0 aliphatic carbocycles. The van der Waals surface area contributed by atoms with E-state index >= 15 is 0 Å². The van der Waals surface area contributed by atoms with Crippen LogP contribution in [-0.2, 0) is 6.54 Å². The Hall–Kier alpha value is -1.46. The van der Waals surface area contributed by atoms with Gasteiger partial charge in [-0.3, -0.25) is 0 Å². The van der Waals surface area contributed by atoms with E-state index in [1.165, 1.54) is 29.9 Å². The van der Waals surface area contributed by atoms with E-state index in [1.54, 1.807) is 0 Å². The van der Waals surface area contributed by atoms with E-state index in [1.807, 2.05) is 6.92 Å². The minimum absolute atomic E-state index is 0.612. The zero-order chi connectivity index (χ0) is 13.8. The Labute approximate surface area is 124 Å². The Morgan fingerprint density at radius 1 is 1.25 bits per heavy atom. The van der Waals surface area contributed by atoms with Crippen molar-refractivity contribution in [3.8, 4) is 0 Å². The van der Waals surface area contributed by atoms with Crippen LogP contribution in [0.2, 0.25) is 0 Å². The number of hydrogen-bond acceptors (Lipinski definition) is 5. The van der Waals surface area contributed by atoms with Crippen molar-refractivity contribution < 1.29 is 0 Å². The highest BCUT2D eigenvalue weighted by molar-refractivity contribution is 7.09. The summed E-state index contributed by atoms with van der Waals surface area (Å²) in [6.07, 6.45) is 2.34. The molecule has 1 aliphatic rings. The molecule has 0 atom stereocenters. The minimum Gasteiger partial charge on any atom is -0.347 e. The smallest absolute Gasteiger partial charge is 0.205 e. The first-order chi connectivity index (χ1) is 9.81. The quantitative estimate of drug-likeness (QED) is 0.939. The van der Waals surface area contributed by atoms with E-state index in [9.17, 15) is 0 Å². The molecular weight excluding hydrogens is 268 g/mol. The summed E-state index contributed by atoms with van der Waals surface area (Å²) in [4.78, 5) is 6.82. The van der Waals surface area contributed by atoms with E-state index in [-0.39, 0.29) is 0 Å². The molecule has 3 rings (SSSR count). The first kappa shape index (κ1) is 13.5. The molecule has 4 nitrogen and oxygen atoms in total. The molecule has 5 heteroatoms. The SMILES string of the molecule is Cc1nsc(N2CCC(NCc3ccccc3)CC2)n1. The van der Waals surface area contributed by atoms with Gasteiger partial charge in [-0.2, -0.15) is 4.37 Å². The van der Waals surface area contributed by atoms with Gasteiger partial charge >= 0.3 is 0 Å². The molecule has 1 aromatic carbocycles. The largest absolute Gasteiger partial charge is 0.347 e. The van der Waals surface area contributed by atoms with E-state index < -0.39 is 0 Å². The predicted molar refractivity (Wildman–Crippen MR) is 83.2 cm³/mol. The summed E-state index contributed by atoms with van der Waals surface area (Å²) in [6.45, 7) is 5.06. The van der Waals surface area contributed by atoms with Gasteiger partial charge in [0.2, 0.25) is 5.13 Å². The number of aromatic nitrogens is 2. The lowest BCUT2D eigenvalue weighted by atomic mass is 10.1. The lowest BCUT2D eigenvalue weighted by molar-refractivity contribution is 0.414. The van der Waals surface area contributed by atoms with Gasteiger partial charge in [-0.1, -0.05) is 30.3 Å². The maximum absolute atomic E-state index is 4.47. The van der Waals surface area contributed by atoms with Gasteiger partial charge in [0, 0.05) is 37.2 Å². The predicted octanol–water partition coefficient (Wildman–Crippen LogP) is 2.61. The van der Waals surface area contributed by atoms with Crippen molar-refractivity contribution in [1.29, 1.82) is 0 Å². The van der Waals surface area contributed by atoms with Crippen LogP contribution >= 0.6 is 11.5 Å². The number of nitrogens with one attached hydrogen (secondary N) is 1. The molecule has 1 saturated heterocycles. The van der Waals surface area contributed by atoms with Crippen LogP contribution in [0.4, 0.5) is 5.13 Å². The van der Waals surface area contributed by atoms with Crippen molar-refractivity contribution in [1.82, 2.24) is 14.7 Å². The van der Waals surface area contributed by atoms with Gasteiger partial charge in [-0.05, 0) is 25.3 Å². The molecule has 2 aromatic rings. The number of hydrogen-bond donors (Lipinski definition) is 1. The van der Waals surface area contributed by atoms with Gasteiger partial charge in [0.25, 0.3) is 0 Å². The second kappa shape index (κ2) is 6.33. The fourth-order valence-electron chi connectivity index (χ4n) is 2.55. The Bertz CT molecular complexity index is 532. The van der Waals surface area contributed by atoms with Crippen molar-refractivity contribution in [3.05, 3.63) is 41.7 Å². The Kier molecular flexibility index (Phi) is 4.28. The topological polar surface area (TPSA) is 41.1 Å². The summed E-state index contributed by atoms with van der Waals surface area (Å²) in [5.74, 6) is 0.884. The van der Waals surface area contributed by atoms with Crippen molar-refractivity contribution in [2.75, 3.05) is 18.0 Å². The molecule has 20 heavy (non-hydrogen) atoms. The van der Waals surface area contributed by atoms with Crippen LogP contribution in [0.15, 0.2) is 30.3 Å². The van der Waals surface area contributed by atoms with E-state index in [0.717, 1.165) is 30.6 Å². The molecule has 0 unspecified atom stereocenters. The summed E-state index contributed by atoms with van der Waals surface area (Å²) in [6, 6.07) is 11.2. The van der Waals surface area contributed by atoms with Gasteiger partial charge < -0.3 is 10.2 Å². The van der Waals surface area contributed by atoms with Crippen LogP contribution in [0.1, 0.15) is 24.2 Å². The molecule has 106 valence electrons. The molecule has 2 heterocycles. The molecule has 1 fully saturated rings. The van der Waals surface area contributed by atoms with Crippen molar-refractivity contribution >= 4 is 16.7 Å². The monoisotopic (exact) mass is 288 g/mol. The lowest BCUT2D eigenvalue weighted by Crippen LogP contribution is -2.42. The zero-order valence-electron chi connectivity index (χ0n) is 11.7. The van der Waals surface area contributed by atoms with Gasteiger partial charge in [-0.25, -0.2) is 4.98 Å². The normalized spacial score (nSPS) is 16.6. The summed E-state index contributed by atoms with van der Waals surface area (Å²) in [7, 11) is 0. The Balaban J connectivity index is 1.47. The fraction of sp³-hybridized carbons (Fsp3) is 0.467. The number of aryl methyl sites for hydroxylation is 1. The highest BCUT2D eigenvalue weighted by Crippen LogP contribution is 2.21. The average Bonchev–Trinajstić information content (AvgIpc) is 2.93. The lowest BCUT2D eigenvalue weighted by Gasteiger charge is -2.32. The third-order valence-corrected chi connectivity index (χ3v) is 4.59. The maximum atomic E-state index is 4.47. The third kappa shape index (κ3) is 3.35. The van der Waals surface area contributed by atoms with Crippen molar-refractivity contribution in [2.24, 2.45) is 0 Å². The van der Waals surface area contributed by atoms with Gasteiger partial charge in [0.15, 0.2) is 0 Å². The summed E-state index contributed by atoms with van der Waals surface area (Å²) in [5.41, 5.74) is 1.36. The van der Waals surface area contributed by atoms with Gasteiger partial charge in [0.05, 0.1) is 0 Å². The highest BCUT2D eigenvalue weighted by Gasteiger charge is 2.20. The molecule has 0 spiro atoms. The fourth-order valence-corrected chi connectivity index (χ4v) is 3.27. The van der Waals surface area contributed by atoms with E-state index in [0.29, 0.717) is 6.04 Å². The number of nitrogens with zero attached hydrogens (tertiary/aromatic N) is 3. The minimum atomic E-state index is 0.612. The molecule has 0 radical (unpaired) electrons. The highest BCUT2D eigenvalue weighted by atomic mass is 32.1. The first-order valence-corrected chi connectivity index (χ1v) is 7.91. The Morgan fingerprint density at radius 2 is 2.00 bits per heavy atom. The molecule has 0 bridgehead atoms. The van der Waals surface area contributed by atoms with Crippen LogP contribution in [0.3, 0.4) is 0 Å². The maximum Gasteiger partial charge on any atom is 0.205 e. The third-order valence-electron chi connectivity index (χ3n) is 3.72. The average molecular weight is 288 g/mol. The van der Waals surface area contributed by atoms with Gasteiger partial charge in [-0.15, -0.1) is 0 Å². The second-order valence-corrected chi connectivity index (χ2v) is 5.98. The number of benzene rings is 1. The first-order valence-electron chi connectivity index (χ1n) is 7.14. The van der Waals surface area contributed by atoms with E-state index in [4.69, 9.17) is 0 Å². The summed E-state index contributed by atoms with van der Waals surface area (Å²) in [5, 5.41) is 4.73. The standard InChI is InChI=1S/C15H20N4S/c1-12-17-15(20-18-12)19-9-7-14(8-10-19)16-11-13-5-3-2-4-6-13/h2-6,14,16H,7-11H2,1H3. The van der Waals surface area contributed by atoms with E-state index in [2.05, 4.69) is 49.9 Å². The van der Waals surface area contributed by atoms with Crippen molar-refractivity contribution in [3.63, 3.8) is 0 Å². The molecule has 0 amide bonds. The van der Waals surface area contributed by atoms with Crippen molar-refractivity contribution in [2.45, 2.75) is 32.4 Å². The van der Waals surface area contributed by atoms with Crippen LogP contribution in [0, 0.1) is 6.92 Å². The molecular formula is C15H20N4S. The Morgan fingerprint density at radius 3 is 2.65 bits per heavy atom. The summed E-state index contributed by atoms with van der Waals surface area (Å²) >= 11 is 1.51. The van der Waals surface area contributed by atoms with Gasteiger partial charge in [0.1, 0.15) is 5.82 Å². The molecule has 1 N–H and O–H groups in total. The number of rotatable bonds is 4. The number of piperidine rings is 1. The van der Waals surface area contributed by atoms with Crippen LogP contribution in [-0.4, -0.2) is 28.5 Å².